The van der Waals surface area contributed by atoms with Crippen LogP contribution in [0.3, 0.4) is 0 Å². The Bertz CT molecular complexity index is 195. The molecule has 0 aliphatic heterocycles. The van der Waals surface area contributed by atoms with Gasteiger partial charge in [0.05, 0.1) is 0 Å². The lowest BCUT2D eigenvalue weighted by molar-refractivity contribution is 0.457. The van der Waals surface area contributed by atoms with Gasteiger partial charge in [0, 0.05) is 0 Å². The Balaban J connectivity index is 2.01. The maximum atomic E-state index is 2.57. The molecule has 0 bridgehead atoms. The molecule has 2 fully saturated rings. The van der Waals surface area contributed by atoms with Gasteiger partial charge in [-0.3, -0.25) is 0 Å². The van der Waals surface area contributed by atoms with Gasteiger partial charge in [0.25, 0.3) is 0 Å². The van der Waals surface area contributed by atoms with Crippen LogP contribution in [0, 0.1) is 11.8 Å². The second kappa shape index (κ2) is 3.73. The minimum Gasteiger partial charge on any atom is -0.242 e. The molecule has 0 saturated heterocycles. The molecule has 0 amide bonds. The van der Waals surface area contributed by atoms with Gasteiger partial charge in [0.15, 0.2) is 0 Å². The minimum atomic E-state index is -0.319. The van der Waals surface area contributed by atoms with Crippen molar-refractivity contribution in [3.8, 4) is 0 Å². The molecule has 2 aliphatic carbocycles. The molecule has 84 valence electrons. The summed E-state index contributed by atoms with van der Waals surface area (Å²) in [5.41, 5.74) is 0. The van der Waals surface area contributed by atoms with Gasteiger partial charge in [-0.05, 0) is 47.7 Å². The van der Waals surface area contributed by atoms with E-state index in [0.717, 1.165) is 22.3 Å². The molecule has 2 aliphatic rings. The Hall–Kier alpha value is 0.350. The molecule has 0 nitrogen and oxygen atoms in total. The van der Waals surface area contributed by atoms with Crippen LogP contribution in [0.2, 0.25) is 0 Å². The Kier molecular flexibility index (Phi) is 2.90. The van der Waals surface area contributed by atoms with Gasteiger partial charge in [-0.2, -0.15) is 0 Å². The summed E-state index contributed by atoms with van der Waals surface area (Å²) >= 11 is 0. The molecule has 0 N–H and O–H groups in total. The fraction of sp³-hybridized carbons (Fsp3) is 1.00. The lowest BCUT2D eigenvalue weighted by Crippen LogP contribution is -2.21. The van der Waals surface area contributed by atoms with Crippen LogP contribution in [0.1, 0.15) is 46.0 Å². The Morgan fingerprint density at radius 2 is 1.50 bits per heavy atom. The molecule has 14 heavy (non-hydrogen) atoms. The maximum Gasteiger partial charge on any atom is -0.0109 e. The standard InChI is InChI=1S/C13H26S/c1-10(2)14(3,4)13-8-11-6-5-7-12(11)9-13/h10-13H,5-9H2,1-4H3. The SMILES string of the molecule is CC(C)S(C)(C)C1CC2CCCC2C1. The largest absolute Gasteiger partial charge is 0.242 e. The molecule has 0 spiro atoms. The molecule has 1 heteroatoms. The van der Waals surface area contributed by atoms with E-state index >= 15 is 0 Å². The summed E-state index contributed by atoms with van der Waals surface area (Å²) in [5.74, 6) is 2.26. The van der Waals surface area contributed by atoms with Crippen LogP contribution < -0.4 is 0 Å². The summed E-state index contributed by atoms with van der Waals surface area (Å²) in [6.45, 7) is 4.87. The molecule has 2 unspecified atom stereocenters. The van der Waals surface area contributed by atoms with Gasteiger partial charge in [-0.15, -0.1) is 0 Å². The third-order valence-corrected chi connectivity index (χ3v) is 9.55. The summed E-state index contributed by atoms with van der Waals surface area (Å²) < 4.78 is 0. The minimum absolute atomic E-state index is 0.319. The zero-order valence-corrected chi connectivity index (χ0v) is 11.1. The van der Waals surface area contributed by atoms with Gasteiger partial charge in [0.2, 0.25) is 0 Å². The third-order valence-electron chi connectivity index (χ3n) is 5.02. The van der Waals surface area contributed by atoms with Crippen LogP contribution in [-0.4, -0.2) is 23.0 Å². The van der Waals surface area contributed by atoms with Gasteiger partial charge in [0.1, 0.15) is 0 Å². The fourth-order valence-electron chi connectivity index (χ4n) is 3.39. The highest BCUT2D eigenvalue weighted by Gasteiger charge is 2.42. The monoisotopic (exact) mass is 214 g/mol. The van der Waals surface area contributed by atoms with Crippen LogP contribution >= 0.6 is 10.0 Å². The summed E-state index contributed by atoms with van der Waals surface area (Å²) in [7, 11) is -0.319. The van der Waals surface area contributed by atoms with Crippen molar-refractivity contribution < 1.29 is 0 Å². The molecule has 2 atom stereocenters. The molecule has 2 saturated carbocycles. The predicted octanol–water partition coefficient (Wildman–Crippen LogP) is 4.04. The highest BCUT2D eigenvalue weighted by molar-refractivity contribution is 8.33. The topological polar surface area (TPSA) is 0 Å². The molecule has 0 aromatic rings. The van der Waals surface area contributed by atoms with E-state index in [2.05, 4.69) is 26.4 Å². The number of rotatable bonds is 2. The Morgan fingerprint density at radius 3 is 1.93 bits per heavy atom. The maximum absolute atomic E-state index is 2.57. The van der Waals surface area contributed by atoms with E-state index in [-0.39, 0.29) is 10.0 Å². The van der Waals surface area contributed by atoms with Crippen LogP contribution in [0.4, 0.5) is 0 Å². The van der Waals surface area contributed by atoms with Crippen LogP contribution in [-0.2, 0) is 0 Å². The van der Waals surface area contributed by atoms with Crippen molar-refractivity contribution in [2.45, 2.75) is 56.5 Å². The van der Waals surface area contributed by atoms with E-state index in [1.54, 1.807) is 25.7 Å². The molecule has 0 aromatic heterocycles. The zero-order valence-electron chi connectivity index (χ0n) is 10.3. The summed E-state index contributed by atoms with van der Waals surface area (Å²) in [6, 6.07) is 0. The number of hydrogen-bond acceptors (Lipinski definition) is 0. The molecule has 0 heterocycles. The van der Waals surface area contributed by atoms with Gasteiger partial charge in [-0.1, -0.05) is 33.1 Å². The van der Waals surface area contributed by atoms with Crippen LogP contribution in [0.15, 0.2) is 0 Å². The summed E-state index contributed by atoms with van der Waals surface area (Å²) in [6.07, 6.45) is 12.9. The van der Waals surface area contributed by atoms with Crippen molar-refractivity contribution in [1.29, 1.82) is 0 Å². The fourth-order valence-corrected chi connectivity index (χ4v) is 5.64. The van der Waals surface area contributed by atoms with Gasteiger partial charge in [-0.25, -0.2) is 10.0 Å². The summed E-state index contributed by atoms with van der Waals surface area (Å²) in [5, 5.41) is 2.02. The Morgan fingerprint density at radius 1 is 1.00 bits per heavy atom. The first-order valence-corrected chi connectivity index (χ1v) is 8.80. The average Bonchev–Trinajstić information content (AvgIpc) is 2.60. The van der Waals surface area contributed by atoms with Crippen molar-refractivity contribution in [1.82, 2.24) is 0 Å². The molecule has 0 radical (unpaired) electrons. The molecular formula is C13H26S. The third kappa shape index (κ3) is 1.73. The van der Waals surface area contributed by atoms with E-state index in [1.807, 2.05) is 0 Å². The first-order valence-electron chi connectivity index (χ1n) is 6.23. The normalized spacial score (nSPS) is 39.1. The van der Waals surface area contributed by atoms with Crippen molar-refractivity contribution in [2.75, 3.05) is 12.5 Å². The van der Waals surface area contributed by atoms with E-state index in [0.29, 0.717) is 0 Å². The average molecular weight is 214 g/mol. The molecular weight excluding hydrogens is 188 g/mol. The quantitative estimate of drug-likeness (QED) is 0.651. The smallest absolute Gasteiger partial charge is 0.0109 e. The lowest BCUT2D eigenvalue weighted by atomic mass is 10.0. The van der Waals surface area contributed by atoms with E-state index in [4.69, 9.17) is 0 Å². The van der Waals surface area contributed by atoms with Crippen LogP contribution in [0.25, 0.3) is 0 Å². The van der Waals surface area contributed by atoms with Crippen LogP contribution in [0.5, 0.6) is 0 Å². The van der Waals surface area contributed by atoms with Crippen molar-refractivity contribution in [2.24, 2.45) is 11.8 Å². The molecule has 2 rings (SSSR count). The van der Waals surface area contributed by atoms with E-state index < -0.39 is 0 Å². The first kappa shape index (κ1) is 10.9. The lowest BCUT2D eigenvalue weighted by Gasteiger charge is -2.42. The van der Waals surface area contributed by atoms with E-state index in [1.165, 1.54) is 6.42 Å². The second-order valence-corrected chi connectivity index (χ2v) is 10.7. The van der Waals surface area contributed by atoms with Crippen molar-refractivity contribution >= 4 is 10.0 Å². The highest BCUT2D eigenvalue weighted by Crippen LogP contribution is 2.60. The predicted molar refractivity (Wildman–Crippen MR) is 68.4 cm³/mol. The molecule has 0 aromatic carbocycles. The number of hydrogen-bond donors (Lipinski definition) is 0. The van der Waals surface area contributed by atoms with Crippen molar-refractivity contribution in [3.05, 3.63) is 0 Å². The Labute approximate surface area is 91.2 Å². The first-order chi connectivity index (χ1) is 6.51. The highest BCUT2D eigenvalue weighted by atomic mass is 32.3. The second-order valence-electron chi connectivity index (χ2n) is 6.08. The number of fused-ring (bicyclic) bond motifs is 1. The van der Waals surface area contributed by atoms with Gasteiger partial charge >= 0.3 is 0 Å². The van der Waals surface area contributed by atoms with Gasteiger partial charge < -0.3 is 0 Å². The summed E-state index contributed by atoms with van der Waals surface area (Å²) in [4.78, 5) is 0. The zero-order chi connectivity index (χ0) is 10.3. The van der Waals surface area contributed by atoms with E-state index in [9.17, 15) is 0 Å². The van der Waals surface area contributed by atoms with Crippen molar-refractivity contribution in [3.63, 3.8) is 0 Å².